The van der Waals surface area contributed by atoms with E-state index >= 15 is 0 Å². The molecule has 0 heterocycles. The van der Waals surface area contributed by atoms with Crippen molar-refractivity contribution >= 4 is 11.8 Å². The number of benzene rings is 1. The molecule has 102 valence electrons. The van der Waals surface area contributed by atoms with E-state index in [-0.39, 0.29) is 5.54 Å². The Labute approximate surface area is 116 Å². The second-order valence-corrected chi connectivity index (χ2v) is 6.58. The summed E-state index contributed by atoms with van der Waals surface area (Å²) in [6.07, 6.45) is 2.49. The minimum atomic E-state index is 0.239. The van der Waals surface area contributed by atoms with Gasteiger partial charge in [0.15, 0.2) is 0 Å². The molecule has 2 nitrogen and oxygen atoms in total. The van der Waals surface area contributed by atoms with Gasteiger partial charge in [-0.3, -0.25) is 0 Å². The molecule has 1 aromatic carbocycles. The van der Waals surface area contributed by atoms with E-state index < -0.39 is 0 Å². The van der Waals surface area contributed by atoms with Crippen LogP contribution in [-0.4, -0.2) is 24.9 Å². The summed E-state index contributed by atoms with van der Waals surface area (Å²) in [5.74, 6) is 2.10. The van der Waals surface area contributed by atoms with Crippen LogP contribution in [0.1, 0.15) is 33.6 Å². The monoisotopic (exact) mass is 267 g/mol. The van der Waals surface area contributed by atoms with Crippen molar-refractivity contribution in [2.75, 3.05) is 19.4 Å². The van der Waals surface area contributed by atoms with Crippen LogP contribution in [0.5, 0.6) is 5.75 Å². The first-order valence-corrected chi connectivity index (χ1v) is 7.52. The van der Waals surface area contributed by atoms with Crippen molar-refractivity contribution in [1.82, 2.24) is 5.32 Å². The fourth-order valence-electron chi connectivity index (χ4n) is 1.55. The maximum atomic E-state index is 5.14. The highest BCUT2D eigenvalue weighted by Crippen LogP contribution is 2.22. The SMILES string of the molecule is COc1ccc(SCCCCNC(C)(C)C)cc1. The molecule has 0 fully saturated rings. The predicted molar refractivity (Wildman–Crippen MR) is 80.7 cm³/mol. The number of nitrogens with one attached hydrogen (secondary N) is 1. The van der Waals surface area contributed by atoms with E-state index in [2.05, 4.69) is 38.2 Å². The Bertz CT molecular complexity index is 329. The highest BCUT2D eigenvalue weighted by atomic mass is 32.2. The van der Waals surface area contributed by atoms with Gasteiger partial charge in [-0.25, -0.2) is 0 Å². The lowest BCUT2D eigenvalue weighted by Crippen LogP contribution is -2.36. The molecule has 1 aromatic rings. The van der Waals surface area contributed by atoms with Gasteiger partial charge in [0.25, 0.3) is 0 Å². The molecule has 0 aliphatic rings. The largest absolute Gasteiger partial charge is 0.497 e. The van der Waals surface area contributed by atoms with Crippen LogP contribution in [-0.2, 0) is 0 Å². The van der Waals surface area contributed by atoms with E-state index in [4.69, 9.17) is 4.74 Å². The first kappa shape index (κ1) is 15.4. The van der Waals surface area contributed by atoms with Crippen molar-refractivity contribution in [3.8, 4) is 5.75 Å². The molecule has 0 spiro atoms. The topological polar surface area (TPSA) is 21.3 Å². The standard InChI is InChI=1S/C15H25NOS/c1-15(2,3)16-11-5-6-12-18-14-9-7-13(17-4)8-10-14/h7-10,16H,5-6,11-12H2,1-4H3. The first-order chi connectivity index (χ1) is 8.51. The zero-order valence-electron chi connectivity index (χ0n) is 12.0. The first-order valence-electron chi connectivity index (χ1n) is 6.53. The van der Waals surface area contributed by atoms with Gasteiger partial charge in [-0.1, -0.05) is 0 Å². The third-order valence-electron chi connectivity index (χ3n) is 2.55. The van der Waals surface area contributed by atoms with Crippen LogP contribution < -0.4 is 10.1 Å². The third kappa shape index (κ3) is 6.92. The summed E-state index contributed by atoms with van der Waals surface area (Å²) in [5.41, 5.74) is 0.239. The minimum absolute atomic E-state index is 0.239. The predicted octanol–water partition coefficient (Wildman–Crippen LogP) is 3.96. The molecule has 18 heavy (non-hydrogen) atoms. The molecule has 0 radical (unpaired) electrons. The highest BCUT2D eigenvalue weighted by molar-refractivity contribution is 7.99. The van der Waals surface area contributed by atoms with Crippen molar-refractivity contribution in [3.63, 3.8) is 0 Å². The summed E-state index contributed by atoms with van der Waals surface area (Å²) in [5, 5.41) is 3.51. The summed E-state index contributed by atoms with van der Waals surface area (Å²) in [7, 11) is 1.70. The normalized spacial score (nSPS) is 11.6. The second-order valence-electron chi connectivity index (χ2n) is 5.41. The van der Waals surface area contributed by atoms with E-state index in [9.17, 15) is 0 Å². The molecule has 1 N–H and O–H groups in total. The second kappa shape index (κ2) is 7.70. The summed E-state index contributed by atoms with van der Waals surface area (Å²) in [4.78, 5) is 1.32. The Balaban J connectivity index is 2.10. The average Bonchev–Trinajstić information content (AvgIpc) is 2.33. The lowest BCUT2D eigenvalue weighted by Gasteiger charge is -2.20. The van der Waals surface area contributed by atoms with Gasteiger partial charge in [0.2, 0.25) is 0 Å². The van der Waals surface area contributed by atoms with Crippen molar-refractivity contribution in [1.29, 1.82) is 0 Å². The van der Waals surface area contributed by atoms with Crippen LogP contribution in [0.2, 0.25) is 0 Å². The lowest BCUT2D eigenvalue weighted by molar-refractivity contribution is 0.414. The molecule has 0 aliphatic carbocycles. The molecule has 0 saturated carbocycles. The molecule has 0 amide bonds. The van der Waals surface area contributed by atoms with Crippen molar-refractivity contribution in [2.45, 2.75) is 44.0 Å². The smallest absolute Gasteiger partial charge is 0.118 e. The molecular weight excluding hydrogens is 242 g/mol. The lowest BCUT2D eigenvalue weighted by atomic mass is 10.1. The number of unbranched alkanes of at least 4 members (excludes halogenated alkanes) is 1. The van der Waals surface area contributed by atoms with Gasteiger partial charge in [0.05, 0.1) is 7.11 Å². The summed E-state index contributed by atoms with van der Waals surface area (Å²) >= 11 is 1.91. The Kier molecular flexibility index (Phi) is 6.58. The van der Waals surface area contributed by atoms with Crippen LogP contribution in [0.3, 0.4) is 0 Å². The molecule has 1 rings (SSSR count). The summed E-state index contributed by atoms with van der Waals surface area (Å²) in [6.45, 7) is 7.73. The minimum Gasteiger partial charge on any atom is -0.497 e. The maximum Gasteiger partial charge on any atom is 0.118 e. The third-order valence-corrected chi connectivity index (χ3v) is 3.65. The summed E-state index contributed by atoms with van der Waals surface area (Å²) in [6, 6.07) is 8.28. The van der Waals surface area contributed by atoms with Gasteiger partial charge in [0.1, 0.15) is 5.75 Å². The fourth-order valence-corrected chi connectivity index (χ4v) is 2.47. The van der Waals surface area contributed by atoms with Gasteiger partial charge in [-0.15, -0.1) is 11.8 Å². The van der Waals surface area contributed by atoms with E-state index in [0.29, 0.717) is 0 Å². The van der Waals surface area contributed by atoms with E-state index in [1.54, 1.807) is 7.11 Å². The molecular formula is C15H25NOS. The highest BCUT2D eigenvalue weighted by Gasteiger charge is 2.06. The van der Waals surface area contributed by atoms with Gasteiger partial charge in [0, 0.05) is 10.4 Å². The van der Waals surface area contributed by atoms with Crippen LogP contribution >= 0.6 is 11.8 Å². The molecule has 3 heteroatoms. The van der Waals surface area contributed by atoms with Crippen LogP contribution in [0.4, 0.5) is 0 Å². The molecule has 0 bridgehead atoms. The summed E-state index contributed by atoms with van der Waals surface area (Å²) < 4.78 is 5.14. The Morgan fingerprint density at radius 2 is 1.78 bits per heavy atom. The number of hydrogen-bond acceptors (Lipinski definition) is 3. The van der Waals surface area contributed by atoms with Crippen LogP contribution in [0, 0.1) is 0 Å². The molecule has 0 aromatic heterocycles. The Hall–Kier alpha value is -0.670. The quantitative estimate of drug-likeness (QED) is 0.597. The zero-order valence-corrected chi connectivity index (χ0v) is 12.8. The van der Waals surface area contributed by atoms with Crippen molar-refractivity contribution in [2.24, 2.45) is 0 Å². The van der Waals surface area contributed by atoms with Crippen molar-refractivity contribution < 1.29 is 4.74 Å². The average molecular weight is 267 g/mol. The maximum absolute atomic E-state index is 5.14. The fraction of sp³-hybridized carbons (Fsp3) is 0.600. The Morgan fingerprint density at radius 3 is 2.33 bits per heavy atom. The number of rotatable bonds is 7. The van der Waals surface area contributed by atoms with E-state index in [1.165, 1.54) is 23.5 Å². The van der Waals surface area contributed by atoms with Crippen molar-refractivity contribution in [3.05, 3.63) is 24.3 Å². The molecule has 0 atom stereocenters. The molecule has 0 unspecified atom stereocenters. The molecule has 0 aliphatic heterocycles. The zero-order chi connectivity index (χ0) is 13.4. The van der Waals surface area contributed by atoms with Gasteiger partial charge >= 0.3 is 0 Å². The van der Waals surface area contributed by atoms with Crippen LogP contribution in [0.25, 0.3) is 0 Å². The van der Waals surface area contributed by atoms with E-state index in [1.807, 2.05) is 23.9 Å². The number of thioether (sulfide) groups is 1. The number of methoxy groups -OCH3 is 1. The van der Waals surface area contributed by atoms with Gasteiger partial charge in [-0.2, -0.15) is 0 Å². The number of ether oxygens (including phenoxy) is 1. The molecule has 0 saturated heterocycles. The van der Waals surface area contributed by atoms with E-state index in [0.717, 1.165) is 12.3 Å². The Morgan fingerprint density at radius 1 is 1.11 bits per heavy atom. The van der Waals surface area contributed by atoms with Crippen LogP contribution in [0.15, 0.2) is 29.2 Å². The van der Waals surface area contributed by atoms with Gasteiger partial charge < -0.3 is 10.1 Å². The number of hydrogen-bond donors (Lipinski definition) is 1. The van der Waals surface area contributed by atoms with Gasteiger partial charge in [-0.05, 0) is 70.2 Å².